The van der Waals surface area contributed by atoms with E-state index in [1.165, 1.54) is 29.1 Å². The molecule has 27 heavy (non-hydrogen) atoms. The van der Waals surface area contributed by atoms with Crippen LogP contribution in [0.1, 0.15) is 20.8 Å². The summed E-state index contributed by atoms with van der Waals surface area (Å²) in [6, 6.07) is 13.8. The largest absolute Gasteiger partial charge is 0.504 e. The molecule has 3 aromatic rings. The second-order valence-corrected chi connectivity index (χ2v) is 5.36. The van der Waals surface area contributed by atoms with E-state index in [1.54, 1.807) is 24.3 Å². The van der Waals surface area contributed by atoms with E-state index in [0.29, 0.717) is 5.69 Å². The van der Waals surface area contributed by atoms with Gasteiger partial charge in [0.2, 0.25) is 0 Å². The van der Waals surface area contributed by atoms with E-state index in [2.05, 4.69) is 16.0 Å². The number of non-ortho nitro benzene ring substituents is 1. The summed E-state index contributed by atoms with van der Waals surface area (Å²) >= 11 is 0. The lowest BCUT2D eigenvalue weighted by atomic mass is 10.2. The normalized spacial score (nSPS) is 10.2. The van der Waals surface area contributed by atoms with Crippen molar-refractivity contribution in [2.75, 3.05) is 0 Å². The number of carbonyl (C=O) groups excluding carboxylic acids is 2. The SMILES string of the molecule is O=C(NNC(=O)c1nn(-c2ccccc2)cc1O)c1cccc([N+](=O)[O-])c1. The first-order chi connectivity index (χ1) is 13.0. The summed E-state index contributed by atoms with van der Waals surface area (Å²) in [5.41, 5.74) is 4.30. The average molecular weight is 367 g/mol. The third-order valence-corrected chi connectivity index (χ3v) is 3.54. The molecule has 3 N–H and O–H groups in total. The molecule has 0 aliphatic carbocycles. The molecule has 0 unspecified atom stereocenters. The number of hydrazine groups is 1. The van der Waals surface area contributed by atoms with Crippen LogP contribution in [-0.4, -0.2) is 31.6 Å². The van der Waals surface area contributed by atoms with Gasteiger partial charge in [0.25, 0.3) is 17.5 Å². The minimum atomic E-state index is -0.846. The Hall–Kier alpha value is -4.21. The smallest absolute Gasteiger partial charge is 0.294 e. The molecule has 0 fully saturated rings. The third kappa shape index (κ3) is 3.90. The Kier molecular flexibility index (Phi) is 4.79. The Bertz CT molecular complexity index is 1020. The van der Waals surface area contributed by atoms with E-state index in [-0.39, 0.29) is 22.7 Å². The highest BCUT2D eigenvalue weighted by molar-refractivity contribution is 5.99. The summed E-state index contributed by atoms with van der Waals surface area (Å²) in [6.45, 7) is 0. The Labute approximate surface area is 152 Å². The van der Waals surface area contributed by atoms with Crippen LogP contribution < -0.4 is 10.9 Å². The van der Waals surface area contributed by atoms with Gasteiger partial charge < -0.3 is 5.11 Å². The maximum absolute atomic E-state index is 12.2. The Morgan fingerprint density at radius 2 is 1.74 bits per heavy atom. The van der Waals surface area contributed by atoms with Crippen LogP contribution in [0.2, 0.25) is 0 Å². The molecule has 0 bridgehead atoms. The quantitative estimate of drug-likeness (QED) is 0.472. The summed E-state index contributed by atoms with van der Waals surface area (Å²) in [5.74, 6) is -1.98. The van der Waals surface area contributed by atoms with E-state index >= 15 is 0 Å². The van der Waals surface area contributed by atoms with Gasteiger partial charge in [-0.1, -0.05) is 24.3 Å². The van der Waals surface area contributed by atoms with Gasteiger partial charge in [-0.15, -0.1) is 0 Å². The van der Waals surface area contributed by atoms with Crippen molar-refractivity contribution < 1.29 is 19.6 Å². The van der Waals surface area contributed by atoms with Crippen molar-refractivity contribution in [3.05, 3.63) is 82.2 Å². The van der Waals surface area contributed by atoms with Gasteiger partial charge in [0, 0.05) is 17.7 Å². The molecule has 1 aromatic heterocycles. The lowest BCUT2D eigenvalue weighted by Crippen LogP contribution is -2.41. The Balaban J connectivity index is 1.69. The third-order valence-electron chi connectivity index (χ3n) is 3.54. The van der Waals surface area contributed by atoms with Crippen molar-refractivity contribution in [1.29, 1.82) is 0 Å². The first-order valence-corrected chi connectivity index (χ1v) is 7.65. The Morgan fingerprint density at radius 1 is 1.04 bits per heavy atom. The minimum Gasteiger partial charge on any atom is -0.504 e. The van der Waals surface area contributed by atoms with E-state index in [4.69, 9.17) is 0 Å². The van der Waals surface area contributed by atoms with E-state index in [9.17, 15) is 24.8 Å². The van der Waals surface area contributed by atoms with Crippen molar-refractivity contribution in [3.63, 3.8) is 0 Å². The predicted octanol–water partition coefficient (Wildman–Crippen LogP) is 1.56. The van der Waals surface area contributed by atoms with Gasteiger partial charge in [-0.3, -0.25) is 30.6 Å². The highest BCUT2D eigenvalue weighted by Gasteiger charge is 2.18. The molecule has 136 valence electrons. The van der Waals surface area contributed by atoms with Crippen molar-refractivity contribution in [2.24, 2.45) is 0 Å². The molecule has 10 nitrogen and oxygen atoms in total. The van der Waals surface area contributed by atoms with Gasteiger partial charge in [0.15, 0.2) is 11.4 Å². The van der Waals surface area contributed by atoms with Gasteiger partial charge in [0.1, 0.15) is 0 Å². The second-order valence-electron chi connectivity index (χ2n) is 5.36. The topological polar surface area (TPSA) is 139 Å². The lowest BCUT2D eigenvalue weighted by molar-refractivity contribution is -0.384. The summed E-state index contributed by atoms with van der Waals surface area (Å²) in [7, 11) is 0. The maximum atomic E-state index is 12.2. The monoisotopic (exact) mass is 367 g/mol. The fourth-order valence-corrected chi connectivity index (χ4v) is 2.25. The number of nitro groups is 1. The van der Waals surface area contributed by atoms with Crippen LogP contribution in [0.4, 0.5) is 5.69 Å². The van der Waals surface area contributed by atoms with Gasteiger partial charge >= 0.3 is 0 Å². The second kappa shape index (κ2) is 7.35. The predicted molar refractivity (Wildman–Crippen MR) is 93.3 cm³/mol. The first kappa shape index (κ1) is 17.6. The van der Waals surface area contributed by atoms with Gasteiger partial charge in [-0.25, -0.2) is 4.68 Å². The van der Waals surface area contributed by atoms with Crippen molar-refractivity contribution in [2.45, 2.75) is 0 Å². The van der Waals surface area contributed by atoms with Crippen LogP contribution in [-0.2, 0) is 0 Å². The zero-order chi connectivity index (χ0) is 19.4. The molecule has 0 saturated carbocycles. The number of para-hydroxylation sites is 1. The van der Waals surface area contributed by atoms with Gasteiger partial charge in [0.05, 0.1) is 16.8 Å². The number of hydrogen-bond acceptors (Lipinski definition) is 6. The molecule has 1 heterocycles. The molecule has 0 atom stereocenters. The molecule has 0 saturated heterocycles. The number of benzene rings is 2. The zero-order valence-electron chi connectivity index (χ0n) is 13.7. The van der Waals surface area contributed by atoms with Crippen LogP contribution in [0.3, 0.4) is 0 Å². The number of nitrogens with zero attached hydrogens (tertiary/aromatic N) is 3. The number of amides is 2. The number of nitrogens with one attached hydrogen (secondary N) is 2. The molecule has 10 heteroatoms. The maximum Gasteiger partial charge on any atom is 0.294 e. The molecule has 0 aliphatic rings. The summed E-state index contributed by atoms with van der Waals surface area (Å²) in [6.07, 6.45) is 1.26. The van der Waals surface area contributed by atoms with Gasteiger partial charge in [-0.05, 0) is 18.2 Å². The van der Waals surface area contributed by atoms with Crippen LogP contribution >= 0.6 is 0 Å². The van der Waals surface area contributed by atoms with Gasteiger partial charge in [-0.2, -0.15) is 5.10 Å². The number of aromatic nitrogens is 2. The van der Waals surface area contributed by atoms with Crippen LogP contribution in [0, 0.1) is 10.1 Å². The summed E-state index contributed by atoms with van der Waals surface area (Å²) in [4.78, 5) is 34.3. The molecule has 0 aliphatic heterocycles. The van der Waals surface area contributed by atoms with Crippen molar-refractivity contribution >= 4 is 17.5 Å². The summed E-state index contributed by atoms with van der Waals surface area (Å²) in [5, 5.41) is 24.6. The standard InChI is InChI=1S/C17H13N5O5/c23-14-10-21(12-6-2-1-3-7-12)20-15(14)17(25)19-18-16(24)11-5-4-8-13(9-11)22(26)27/h1-10,23H,(H,18,24)(H,19,25). The number of aromatic hydroxyl groups is 1. The number of rotatable bonds is 4. The van der Waals surface area contributed by atoms with Crippen molar-refractivity contribution in [3.8, 4) is 11.4 Å². The molecule has 0 radical (unpaired) electrons. The number of hydrogen-bond donors (Lipinski definition) is 3. The van der Waals surface area contributed by atoms with E-state index in [0.717, 1.165) is 6.07 Å². The minimum absolute atomic E-state index is 0.0106. The lowest BCUT2D eigenvalue weighted by Gasteiger charge is -2.06. The molecular formula is C17H13N5O5. The Morgan fingerprint density at radius 3 is 2.44 bits per heavy atom. The van der Waals surface area contributed by atoms with E-state index < -0.39 is 16.7 Å². The van der Waals surface area contributed by atoms with Crippen LogP contribution in [0.25, 0.3) is 5.69 Å². The average Bonchev–Trinajstić information content (AvgIpc) is 3.08. The fourth-order valence-electron chi connectivity index (χ4n) is 2.25. The number of carbonyl (C=O) groups is 2. The molecule has 2 aromatic carbocycles. The highest BCUT2D eigenvalue weighted by Crippen LogP contribution is 2.18. The highest BCUT2D eigenvalue weighted by atomic mass is 16.6. The molecule has 3 rings (SSSR count). The van der Waals surface area contributed by atoms with Crippen LogP contribution in [0.15, 0.2) is 60.8 Å². The van der Waals surface area contributed by atoms with Crippen LogP contribution in [0.5, 0.6) is 5.75 Å². The molecule has 2 amide bonds. The molecular weight excluding hydrogens is 354 g/mol. The zero-order valence-corrected chi connectivity index (χ0v) is 13.7. The number of nitro benzene ring substituents is 1. The van der Waals surface area contributed by atoms with E-state index in [1.807, 2.05) is 6.07 Å². The fraction of sp³-hybridized carbons (Fsp3) is 0. The first-order valence-electron chi connectivity index (χ1n) is 7.65. The van der Waals surface area contributed by atoms with Crippen molar-refractivity contribution in [1.82, 2.24) is 20.6 Å². The summed E-state index contributed by atoms with van der Waals surface area (Å²) < 4.78 is 1.31. The molecule has 0 spiro atoms.